The molecule has 1 saturated carbocycles. The van der Waals surface area contributed by atoms with Gasteiger partial charge >= 0.3 is 0 Å². The van der Waals surface area contributed by atoms with Crippen molar-refractivity contribution in [1.29, 1.82) is 0 Å². The van der Waals surface area contributed by atoms with Crippen molar-refractivity contribution in [3.05, 3.63) is 48.4 Å². The lowest BCUT2D eigenvalue weighted by Gasteiger charge is -2.35. The van der Waals surface area contributed by atoms with E-state index in [4.69, 9.17) is 0 Å². The molecule has 3 aromatic rings. The second kappa shape index (κ2) is 6.06. The number of rotatable bonds is 2. The van der Waals surface area contributed by atoms with Crippen LogP contribution in [0, 0.1) is 18.8 Å². The zero-order valence-corrected chi connectivity index (χ0v) is 14.9. The standard InChI is InChI=1S/C20H23N5O/c1-13-16-5-2-3-6-17(16)20(23-22-13)24-11-14-9-18(25-8-4-7-21-25)19(26)10-15(14)12-24/h2-8,14-15,18-19,26H,9-12H2,1H3/t14-,15+,18-,19-/m1/s1. The normalized spacial score (nSPS) is 28.5. The van der Waals surface area contributed by atoms with Gasteiger partial charge in [-0.3, -0.25) is 4.68 Å². The molecule has 6 heteroatoms. The molecule has 3 heterocycles. The zero-order chi connectivity index (χ0) is 17.7. The fourth-order valence-corrected chi connectivity index (χ4v) is 4.80. The van der Waals surface area contributed by atoms with Crippen LogP contribution >= 0.6 is 0 Å². The van der Waals surface area contributed by atoms with Gasteiger partial charge in [0.1, 0.15) is 0 Å². The average molecular weight is 349 g/mol. The van der Waals surface area contributed by atoms with E-state index in [1.165, 1.54) is 10.8 Å². The minimum absolute atomic E-state index is 0.0760. The number of aryl methyl sites for hydroxylation is 1. The molecule has 2 fully saturated rings. The largest absolute Gasteiger partial charge is 0.391 e. The highest BCUT2D eigenvalue weighted by Gasteiger charge is 2.43. The van der Waals surface area contributed by atoms with Crippen molar-refractivity contribution >= 4 is 16.6 Å². The molecule has 134 valence electrons. The molecule has 1 aliphatic carbocycles. The quantitative estimate of drug-likeness (QED) is 0.770. The summed E-state index contributed by atoms with van der Waals surface area (Å²) < 4.78 is 1.92. The van der Waals surface area contributed by atoms with Crippen molar-refractivity contribution in [2.24, 2.45) is 11.8 Å². The minimum atomic E-state index is -0.336. The number of aliphatic hydroxyl groups is 1. The summed E-state index contributed by atoms with van der Waals surface area (Å²) in [7, 11) is 0. The summed E-state index contributed by atoms with van der Waals surface area (Å²) in [4.78, 5) is 2.36. The number of nitrogens with zero attached hydrogens (tertiary/aromatic N) is 5. The van der Waals surface area contributed by atoms with Crippen molar-refractivity contribution in [1.82, 2.24) is 20.0 Å². The SMILES string of the molecule is Cc1nnc(N2C[C@H]3C[C@@H](n4cccn4)[C@H](O)C[C@H]3C2)c2ccccc12. The number of hydrogen-bond donors (Lipinski definition) is 1. The third kappa shape index (κ3) is 2.48. The molecular weight excluding hydrogens is 326 g/mol. The molecule has 0 radical (unpaired) electrons. The lowest BCUT2D eigenvalue weighted by molar-refractivity contribution is 0.0306. The molecule has 26 heavy (non-hydrogen) atoms. The van der Waals surface area contributed by atoms with E-state index in [0.29, 0.717) is 11.8 Å². The van der Waals surface area contributed by atoms with Crippen molar-refractivity contribution in [3.63, 3.8) is 0 Å². The monoisotopic (exact) mass is 349 g/mol. The molecule has 0 unspecified atom stereocenters. The Labute approximate surface area is 152 Å². The predicted octanol–water partition coefficient (Wildman–Crippen LogP) is 2.58. The summed E-state index contributed by atoms with van der Waals surface area (Å²) in [5, 5.41) is 26.3. The third-order valence-electron chi connectivity index (χ3n) is 6.13. The van der Waals surface area contributed by atoms with E-state index in [0.717, 1.165) is 37.4 Å². The highest BCUT2D eigenvalue weighted by atomic mass is 16.3. The summed E-state index contributed by atoms with van der Waals surface area (Å²) in [6.45, 7) is 3.92. The van der Waals surface area contributed by atoms with Crippen LogP contribution in [0.1, 0.15) is 24.6 Å². The van der Waals surface area contributed by atoms with E-state index in [2.05, 4.69) is 44.5 Å². The van der Waals surface area contributed by atoms with Gasteiger partial charge in [0.25, 0.3) is 0 Å². The predicted molar refractivity (Wildman–Crippen MR) is 100.0 cm³/mol. The van der Waals surface area contributed by atoms with Gasteiger partial charge in [0, 0.05) is 36.3 Å². The maximum atomic E-state index is 10.6. The first-order valence-corrected chi connectivity index (χ1v) is 9.35. The van der Waals surface area contributed by atoms with Crippen LogP contribution in [0.2, 0.25) is 0 Å². The molecular formula is C20H23N5O. The van der Waals surface area contributed by atoms with Gasteiger partial charge in [-0.2, -0.15) is 10.2 Å². The highest BCUT2D eigenvalue weighted by molar-refractivity contribution is 5.93. The fourth-order valence-electron chi connectivity index (χ4n) is 4.80. The minimum Gasteiger partial charge on any atom is -0.391 e. The van der Waals surface area contributed by atoms with Crippen LogP contribution in [0.15, 0.2) is 42.7 Å². The van der Waals surface area contributed by atoms with Crippen LogP contribution in [0.4, 0.5) is 5.82 Å². The van der Waals surface area contributed by atoms with E-state index in [-0.39, 0.29) is 12.1 Å². The van der Waals surface area contributed by atoms with Gasteiger partial charge in [-0.15, -0.1) is 5.10 Å². The molecule has 5 rings (SSSR count). The van der Waals surface area contributed by atoms with Gasteiger partial charge in [0.15, 0.2) is 5.82 Å². The second-order valence-corrected chi connectivity index (χ2v) is 7.67. The molecule has 4 atom stereocenters. The number of fused-ring (bicyclic) bond motifs is 2. The Morgan fingerprint density at radius 1 is 1.00 bits per heavy atom. The topological polar surface area (TPSA) is 67.1 Å². The summed E-state index contributed by atoms with van der Waals surface area (Å²) in [6, 6.07) is 10.4. The second-order valence-electron chi connectivity index (χ2n) is 7.67. The molecule has 1 aromatic carbocycles. The number of benzene rings is 1. The van der Waals surface area contributed by atoms with E-state index in [9.17, 15) is 5.11 Å². The van der Waals surface area contributed by atoms with E-state index >= 15 is 0 Å². The van der Waals surface area contributed by atoms with Crippen molar-refractivity contribution in [3.8, 4) is 0 Å². The van der Waals surface area contributed by atoms with Crippen LogP contribution in [0.5, 0.6) is 0 Å². The number of hydrogen-bond acceptors (Lipinski definition) is 5. The Bertz CT molecular complexity index is 925. The average Bonchev–Trinajstić information content (AvgIpc) is 3.31. The molecule has 0 amide bonds. The molecule has 1 N–H and O–H groups in total. The first-order chi connectivity index (χ1) is 12.7. The van der Waals surface area contributed by atoms with Crippen LogP contribution in [-0.4, -0.2) is 44.3 Å². The number of aliphatic hydroxyl groups excluding tert-OH is 1. The molecule has 0 bridgehead atoms. The number of aromatic nitrogens is 4. The molecule has 2 aliphatic rings. The lowest BCUT2D eigenvalue weighted by atomic mass is 9.77. The van der Waals surface area contributed by atoms with Crippen molar-refractivity contribution in [2.75, 3.05) is 18.0 Å². The first-order valence-electron chi connectivity index (χ1n) is 9.35. The Hall–Kier alpha value is -2.47. The zero-order valence-electron chi connectivity index (χ0n) is 14.9. The van der Waals surface area contributed by atoms with Gasteiger partial charge in [-0.05, 0) is 37.7 Å². The molecule has 1 aliphatic heterocycles. The van der Waals surface area contributed by atoms with Gasteiger partial charge < -0.3 is 10.0 Å². The van der Waals surface area contributed by atoms with Gasteiger partial charge in [0.2, 0.25) is 0 Å². The Kier molecular flexibility index (Phi) is 3.67. The van der Waals surface area contributed by atoms with Gasteiger partial charge in [-0.25, -0.2) is 0 Å². The summed E-state index contributed by atoms with van der Waals surface area (Å²) in [5.41, 5.74) is 0.968. The summed E-state index contributed by atoms with van der Waals surface area (Å²) >= 11 is 0. The van der Waals surface area contributed by atoms with Crippen LogP contribution in [0.25, 0.3) is 10.8 Å². The highest BCUT2D eigenvalue weighted by Crippen LogP contribution is 2.43. The maximum absolute atomic E-state index is 10.6. The molecule has 1 saturated heterocycles. The van der Waals surface area contributed by atoms with Crippen molar-refractivity contribution in [2.45, 2.75) is 31.9 Å². The molecule has 0 spiro atoms. The Morgan fingerprint density at radius 2 is 1.77 bits per heavy atom. The molecule has 6 nitrogen and oxygen atoms in total. The van der Waals surface area contributed by atoms with E-state index < -0.39 is 0 Å². The Morgan fingerprint density at radius 3 is 2.54 bits per heavy atom. The van der Waals surface area contributed by atoms with Gasteiger partial charge in [-0.1, -0.05) is 24.3 Å². The Balaban J connectivity index is 1.44. The summed E-state index contributed by atoms with van der Waals surface area (Å²) in [6.07, 6.45) is 5.19. The maximum Gasteiger partial charge on any atom is 0.159 e. The van der Waals surface area contributed by atoms with Crippen LogP contribution < -0.4 is 4.90 Å². The van der Waals surface area contributed by atoms with E-state index in [1.807, 2.05) is 23.9 Å². The van der Waals surface area contributed by atoms with Crippen LogP contribution in [-0.2, 0) is 0 Å². The van der Waals surface area contributed by atoms with Crippen LogP contribution in [0.3, 0.4) is 0 Å². The first kappa shape index (κ1) is 15.8. The van der Waals surface area contributed by atoms with E-state index in [1.54, 1.807) is 6.20 Å². The number of anilines is 1. The van der Waals surface area contributed by atoms with Gasteiger partial charge in [0.05, 0.1) is 17.8 Å². The fraction of sp³-hybridized carbons (Fsp3) is 0.450. The molecule has 2 aromatic heterocycles. The smallest absolute Gasteiger partial charge is 0.159 e. The van der Waals surface area contributed by atoms with Crippen molar-refractivity contribution < 1.29 is 5.11 Å². The summed E-state index contributed by atoms with van der Waals surface area (Å²) in [5.74, 6) is 2.03. The lowest BCUT2D eigenvalue weighted by Crippen LogP contribution is -2.36. The third-order valence-corrected chi connectivity index (χ3v) is 6.13.